The molecule has 0 radical (unpaired) electrons. The summed E-state index contributed by atoms with van der Waals surface area (Å²) in [5.74, 6) is 0. The van der Waals surface area contributed by atoms with E-state index in [0.29, 0.717) is 18.5 Å². The van der Waals surface area contributed by atoms with Gasteiger partial charge >= 0.3 is 0 Å². The van der Waals surface area contributed by atoms with Gasteiger partial charge in [0.1, 0.15) is 10.5 Å². The largest absolute Gasteiger partial charge is 0.323 e. The molecule has 0 unspecified atom stereocenters. The Morgan fingerprint density at radius 3 is 3.03 bits per heavy atom. The average Bonchev–Trinajstić information content (AvgIpc) is 3.51. The predicted octanol–water partition coefficient (Wildman–Crippen LogP) is 3.32. The van der Waals surface area contributed by atoms with Crippen LogP contribution in [0, 0.1) is 0 Å². The highest BCUT2D eigenvalue weighted by atomic mass is 32.1. The van der Waals surface area contributed by atoms with Gasteiger partial charge in [0.15, 0.2) is 5.65 Å². The van der Waals surface area contributed by atoms with Gasteiger partial charge < -0.3 is 4.57 Å². The van der Waals surface area contributed by atoms with Gasteiger partial charge in [0, 0.05) is 30.7 Å². The summed E-state index contributed by atoms with van der Waals surface area (Å²) in [6.45, 7) is 0.402. The molecule has 0 aliphatic heterocycles. The van der Waals surface area contributed by atoms with Gasteiger partial charge in [-0.2, -0.15) is 10.2 Å². The average molecular weight is 434 g/mol. The molecule has 10 heteroatoms. The maximum Gasteiger partial charge on any atom is 0.291 e. The maximum atomic E-state index is 13.2. The van der Waals surface area contributed by atoms with Gasteiger partial charge in [-0.1, -0.05) is 6.07 Å². The molecule has 0 atom stereocenters. The molecule has 30 heavy (non-hydrogen) atoms. The number of fused-ring (bicyclic) bond motifs is 4. The number of aromatic nitrogens is 7. The topological polar surface area (TPSA) is 94.3 Å². The number of hydrogen-bond acceptors (Lipinski definition) is 7. The van der Waals surface area contributed by atoms with E-state index < -0.39 is 0 Å². The number of thiazole rings is 2. The van der Waals surface area contributed by atoms with Crippen molar-refractivity contribution in [2.24, 2.45) is 7.05 Å². The van der Waals surface area contributed by atoms with Crippen molar-refractivity contribution < 1.29 is 0 Å². The normalized spacial score (nSPS) is 11.9. The van der Waals surface area contributed by atoms with E-state index >= 15 is 0 Å². The van der Waals surface area contributed by atoms with Crippen LogP contribution in [0.1, 0.15) is 16.3 Å². The molecule has 0 bridgehead atoms. The predicted molar refractivity (Wildman–Crippen MR) is 118 cm³/mol. The lowest BCUT2D eigenvalue weighted by Crippen LogP contribution is -2.24. The van der Waals surface area contributed by atoms with E-state index in [1.807, 2.05) is 41.4 Å². The maximum absolute atomic E-state index is 13.2. The summed E-state index contributed by atoms with van der Waals surface area (Å²) in [5, 5.41) is 13.2. The first-order valence-electron chi connectivity index (χ1n) is 9.31. The third-order valence-corrected chi connectivity index (χ3v) is 7.08. The van der Waals surface area contributed by atoms with Crippen LogP contribution in [0.25, 0.3) is 31.5 Å². The van der Waals surface area contributed by atoms with E-state index in [-0.39, 0.29) is 5.56 Å². The Kier molecular flexibility index (Phi) is 3.83. The second-order valence-electron chi connectivity index (χ2n) is 7.10. The number of hydrogen-bond donors (Lipinski definition) is 1. The van der Waals surface area contributed by atoms with Crippen molar-refractivity contribution in [1.29, 1.82) is 0 Å². The summed E-state index contributed by atoms with van der Waals surface area (Å²) < 4.78 is 5.50. The van der Waals surface area contributed by atoms with Crippen LogP contribution < -0.4 is 5.56 Å². The molecule has 0 saturated heterocycles. The highest BCUT2D eigenvalue weighted by molar-refractivity contribution is 7.19. The zero-order valence-corrected chi connectivity index (χ0v) is 17.5. The van der Waals surface area contributed by atoms with Crippen molar-refractivity contribution in [3.63, 3.8) is 0 Å². The Hall–Kier alpha value is -3.37. The van der Waals surface area contributed by atoms with Crippen LogP contribution in [0.15, 0.2) is 47.0 Å². The first-order valence-corrected chi connectivity index (χ1v) is 11.0. The van der Waals surface area contributed by atoms with Crippen LogP contribution in [0.5, 0.6) is 0 Å². The molecule has 5 heterocycles. The number of aromatic amines is 1. The molecule has 6 aromatic rings. The molecule has 0 spiro atoms. The molecule has 8 nitrogen and oxygen atoms in total. The third kappa shape index (κ3) is 2.68. The van der Waals surface area contributed by atoms with Crippen LogP contribution in [-0.4, -0.2) is 34.5 Å². The summed E-state index contributed by atoms with van der Waals surface area (Å²) in [5.41, 5.74) is 6.10. The first kappa shape index (κ1) is 17.5. The van der Waals surface area contributed by atoms with Gasteiger partial charge in [-0.15, -0.1) is 22.7 Å². The summed E-state index contributed by atoms with van der Waals surface area (Å²) in [7, 11) is 1.89. The van der Waals surface area contributed by atoms with Crippen LogP contribution >= 0.6 is 22.7 Å². The molecule has 1 N–H and O–H groups in total. The van der Waals surface area contributed by atoms with Gasteiger partial charge in [0.05, 0.1) is 33.2 Å². The number of aryl methyl sites for hydroxylation is 1. The van der Waals surface area contributed by atoms with E-state index in [9.17, 15) is 4.79 Å². The van der Waals surface area contributed by atoms with Crippen LogP contribution in [0.2, 0.25) is 0 Å². The number of nitrogens with zero attached hydrogens (tertiary/aromatic N) is 6. The number of rotatable bonds is 4. The fraction of sp³-hybridized carbons (Fsp3) is 0.150. The van der Waals surface area contributed by atoms with Crippen molar-refractivity contribution in [3.05, 3.63) is 68.8 Å². The second-order valence-corrected chi connectivity index (χ2v) is 9.07. The number of H-pyrrole nitrogens is 1. The van der Waals surface area contributed by atoms with Crippen LogP contribution in [-0.2, 0) is 20.0 Å². The molecule has 0 saturated carbocycles. The molecular weight excluding hydrogens is 418 g/mol. The van der Waals surface area contributed by atoms with E-state index in [4.69, 9.17) is 4.98 Å². The van der Waals surface area contributed by atoms with E-state index in [2.05, 4.69) is 20.3 Å². The summed E-state index contributed by atoms with van der Waals surface area (Å²) in [6.07, 6.45) is 4.19. The number of benzene rings is 1. The molecular formula is C20H15N7OS2. The Morgan fingerprint density at radius 2 is 2.17 bits per heavy atom. The molecule has 0 aliphatic carbocycles. The van der Waals surface area contributed by atoms with Gasteiger partial charge in [-0.3, -0.25) is 9.89 Å². The van der Waals surface area contributed by atoms with Crippen LogP contribution in [0.4, 0.5) is 0 Å². The fourth-order valence-corrected chi connectivity index (χ4v) is 5.53. The summed E-state index contributed by atoms with van der Waals surface area (Å²) in [6, 6.07) is 8.01. The highest BCUT2D eigenvalue weighted by Crippen LogP contribution is 2.31. The van der Waals surface area contributed by atoms with Gasteiger partial charge in [0.2, 0.25) is 0 Å². The monoisotopic (exact) mass is 433 g/mol. The van der Waals surface area contributed by atoms with Crippen molar-refractivity contribution in [1.82, 2.24) is 34.5 Å². The lowest BCUT2D eigenvalue weighted by molar-refractivity contribution is 0.644. The summed E-state index contributed by atoms with van der Waals surface area (Å²) in [4.78, 5) is 22.3. The van der Waals surface area contributed by atoms with Gasteiger partial charge in [-0.25, -0.2) is 14.6 Å². The lowest BCUT2D eigenvalue weighted by Gasteiger charge is -2.06. The number of nitrogens with one attached hydrogen (secondary N) is 1. The SMILES string of the molecule is Cn1c2nc(Cc3ccn[nH]3)sc2c2cnn(Cc3ccc4scnc4c3)c(=O)c21. The van der Waals surface area contributed by atoms with Crippen molar-refractivity contribution in [3.8, 4) is 0 Å². The Morgan fingerprint density at radius 1 is 1.23 bits per heavy atom. The Balaban J connectivity index is 1.42. The van der Waals surface area contributed by atoms with Crippen molar-refractivity contribution in [2.45, 2.75) is 13.0 Å². The Bertz CT molecular complexity index is 1590. The zero-order valence-electron chi connectivity index (χ0n) is 15.9. The Labute approximate surface area is 177 Å². The minimum atomic E-state index is -0.117. The second kappa shape index (κ2) is 6.57. The lowest BCUT2D eigenvalue weighted by atomic mass is 10.2. The molecule has 0 fully saturated rings. The minimum absolute atomic E-state index is 0.117. The molecule has 0 aliphatic rings. The first-order chi connectivity index (χ1) is 14.7. The van der Waals surface area contributed by atoms with E-state index in [1.165, 1.54) is 4.68 Å². The van der Waals surface area contributed by atoms with E-state index in [1.54, 1.807) is 35.1 Å². The highest BCUT2D eigenvalue weighted by Gasteiger charge is 2.18. The molecule has 148 valence electrons. The van der Waals surface area contributed by atoms with Crippen molar-refractivity contribution in [2.75, 3.05) is 0 Å². The molecule has 0 amide bonds. The fourth-order valence-electron chi connectivity index (χ4n) is 3.74. The quantitative estimate of drug-likeness (QED) is 0.460. The van der Waals surface area contributed by atoms with E-state index in [0.717, 1.165) is 42.2 Å². The standard InChI is InChI=1S/C20H15N7OS2/c1-26-17-13(18-19(26)24-16(30-18)7-12-4-5-22-25-12)8-23-27(20(17)28)9-11-2-3-15-14(6-11)21-10-29-15/h2-6,8,10H,7,9H2,1H3,(H,22,25). The zero-order chi connectivity index (χ0) is 20.2. The summed E-state index contributed by atoms with van der Waals surface area (Å²) >= 11 is 3.20. The molecule has 1 aromatic carbocycles. The molecule has 6 rings (SSSR count). The smallest absolute Gasteiger partial charge is 0.291 e. The van der Waals surface area contributed by atoms with Gasteiger partial charge in [0.25, 0.3) is 5.56 Å². The molecule has 5 aromatic heterocycles. The minimum Gasteiger partial charge on any atom is -0.323 e. The van der Waals surface area contributed by atoms with Gasteiger partial charge in [-0.05, 0) is 23.8 Å². The third-order valence-electron chi connectivity index (χ3n) is 5.20. The van der Waals surface area contributed by atoms with Crippen molar-refractivity contribution >= 4 is 54.1 Å². The van der Waals surface area contributed by atoms with Crippen LogP contribution in [0.3, 0.4) is 0 Å².